The maximum absolute atomic E-state index is 14.0. The van der Waals surface area contributed by atoms with Crippen molar-refractivity contribution in [3.05, 3.63) is 65.7 Å². The Morgan fingerprint density at radius 1 is 1.06 bits per heavy atom. The lowest BCUT2D eigenvalue weighted by Gasteiger charge is -2.33. The van der Waals surface area contributed by atoms with Gasteiger partial charge in [0.1, 0.15) is 22.8 Å². The number of halogens is 4. The summed E-state index contributed by atoms with van der Waals surface area (Å²) < 4.78 is 57.8. The SMILES string of the molecule is Cc1ccccc1-c1nc(NSc2cccc(N3CCC(N)C(F)C3)n2)ccc1C(F)(F)F. The van der Waals surface area contributed by atoms with Gasteiger partial charge in [0.15, 0.2) is 0 Å². The van der Waals surface area contributed by atoms with Gasteiger partial charge in [0, 0.05) is 30.1 Å². The van der Waals surface area contributed by atoms with E-state index >= 15 is 0 Å². The summed E-state index contributed by atoms with van der Waals surface area (Å²) in [5.41, 5.74) is 5.94. The number of nitrogens with two attached hydrogens (primary N) is 1. The number of piperidine rings is 1. The minimum absolute atomic E-state index is 0.133. The molecule has 1 aliphatic rings. The van der Waals surface area contributed by atoms with E-state index in [2.05, 4.69) is 14.7 Å². The monoisotopic (exact) mass is 477 g/mol. The maximum atomic E-state index is 14.0. The predicted octanol–water partition coefficient (Wildman–Crippen LogP) is 5.47. The third-order valence-corrected chi connectivity index (χ3v) is 6.23. The molecule has 10 heteroatoms. The second-order valence-electron chi connectivity index (χ2n) is 7.86. The van der Waals surface area contributed by atoms with Crippen LogP contribution < -0.4 is 15.4 Å². The van der Waals surface area contributed by atoms with Crippen molar-refractivity contribution in [2.24, 2.45) is 5.73 Å². The fraction of sp³-hybridized carbons (Fsp3) is 0.304. The van der Waals surface area contributed by atoms with Crippen LogP contribution in [-0.2, 0) is 6.18 Å². The molecule has 2 aromatic heterocycles. The van der Waals surface area contributed by atoms with Crippen molar-refractivity contribution in [2.75, 3.05) is 22.7 Å². The van der Waals surface area contributed by atoms with Crippen molar-refractivity contribution >= 4 is 23.6 Å². The third-order valence-electron chi connectivity index (χ3n) is 5.49. The number of nitrogens with zero attached hydrogens (tertiary/aromatic N) is 3. The molecule has 1 aromatic carbocycles. The molecule has 3 heterocycles. The predicted molar refractivity (Wildman–Crippen MR) is 123 cm³/mol. The van der Waals surface area contributed by atoms with Crippen LogP contribution in [0.3, 0.4) is 0 Å². The van der Waals surface area contributed by atoms with Gasteiger partial charge in [0.2, 0.25) is 0 Å². The molecule has 0 bridgehead atoms. The Bertz CT molecular complexity index is 1120. The Balaban J connectivity index is 1.55. The molecule has 0 radical (unpaired) electrons. The molecule has 4 rings (SSSR count). The van der Waals surface area contributed by atoms with Crippen molar-refractivity contribution in [2.45, 2.75) is 36.8 Å². The number of hydrogen-bond acceptors (Lipinski definition) is 6. The zero-order valence-corrected chi connectivity index (χ0v) is 18.6. The summed E-state index contributed by atoms with van der Waals surface area (Å²) in [4.78, 5) is 10.6. The van der Waals surface area contributed by atoms with Crippen LogP contribution in [0.4, 0.5) is 29.2 Å². The van der Waals surface area contributed by atoms with E-state index in [4.69, 9.17) is 5.73 Å². The third kappa shape index (κ3) is 5.39. The number of rotatable bonds is 5. The van der Waals surface area contributed by atoms with Gasteiger partial charge in [-0.25, -0.2) is 14.4 Å². The molecule has 33 heavy (non-hydrogen) atoms. The quantitative estimate of drug-likeness (QED) is 0.376. The minimum Gasteiger partial charge on any atom is -0.354 e. The first-order valence-electron chi connectivity index (χ1n) is 10.4. The van der Waals surface area contributed by atoms with Crippen LogP contribution in [0.25, 0.3) is 11.3 Å². The summed E-state index contributed by atoms with van der Waals surface area (Å²) in [6, 6.07) is 14.0. The number of alkyl halides is 4. The van der Waals surface area contributed by atoms with E-state index in [1.807, 2.05) is 4.90 Å². The maximum Gasteiger partial charge on any atom is 0.418 e. The minimum atomic E-state index is -4.53. The molecule has 3 N–H and O–H groups in total. The molecule has 3 aromatic rings. The molecule has 0 spiro atoms. The number of anilines is 2. The summed E-state index contributed by atoms with van der Waals surface area (Å²) in [7, 11) is 0. The lowest BCUT2D eigenvalue weighted by atomic mass is 10.0. The first-order chi connectivity index (χ1) is 15.7. The first kappa shape index (κ1) is 23.3. The zero-order valence-electron chi connectivity index (χ0n) is 17.8. The lowest BCUT2D eigenvalue weighted by molar-refractivity contribution is -0.137. The molecule has 0 amide bonds. The highest BCUT2D eigenvalue weighted by atomic mass is 32.2. The average molecular weight is 478 g/mol. The topological polar surface area (TPSA) is 67.1 Å². The summed E-state index contributed by atoms with van der Waals surface area (Å²) in [6.07, 6.45) is -5.11. The summed E-state index contributed by atoms with van der Waals surface area (Å²) in [5, 5.41) is 0.580. The summed E-state index contributed by atoms with van der Waals surface area (Å²) in [6.45, 7) is 2.53. The molecule has 1 aliphatic heterocycles. The highest BCUT2D eigenvalue weighted by Crippen LogP contribution is 2.38. The number of aryl methyl sites for hydroxylation is 1. The van der Waals surface area contributed by atoms with Gasteiger partial charge in [0.05, 0.1) is 17.8 Å². The Kier molecular flexibility index (Phi) is 6.76. The van der Waals surface area contributed by atoms with E-state index in [0.29, 0.717) is 34.9 Å². The molecule has 2 atom stereocenters. The number of hydrogen-bond donors (Lipinski definition) is 2. The van der Waals surface area contributed by atoms with Crippen LogP contribution in [0.1, 0.15) is 17.5 Å². The smallest absolute Gasteiger partial charge is 0.354 e. The molecule has 1 saturated heterocycles. The van der Waals surface area contributed by atoms with E-state index in [-0.39, 0.29) is 18.1 Å². The molecule has 2 unspecified atom stereocenters. The van der Waals surface area contributed by atoms with Gasteiger partial charge in [-0.1, -0.05) is 30.3 Å². The lowest BCUT2D eigenvalue weighted by Crippen LogP contribution is -2.48. The normalized spacial score (nSPS) is 18.9. The van der Waals surface area contributed by atoms with Crippen molar-refractivity contribution in [1.29, 1.82) is 0 Å². The van der Waals surface area contributed by atoms with Crippen LogP contribution in [-0.4, -0.2) is 35.3 Å². The van der Waals surface area contributed by atoms with Crippen molar-refractivity contribution in [3.63, 3.8) is 0 Å². The highest BCUT2D eigenvalue weighted by Gasteiger charge is 2.35. The van der Waals surface area contributed by atoms with Gasteiger partial charge in [-0.05, 0) is 43.2 Å². The van der Waals surface area contributed by atoms with E-state index in [9.17, 15) is 17.6 Å². The van der Waals surface area contributed by atoms with Crippen LogP contribution in [0.15, 0.2) is 59.6 Å². The van der Waals surface area contributed by atoms with Gasteiger partial charge < -0.3 is 15.4 Å². The van der Waals surface area contributed by atoms with Crippen molar-refractivity contribution < 1.29 is 17.6 Å². The van der Waals surface area contributed by atoms with E-state index in [1.165, 1.54) is 6.07 Å². The molecule has 1 fully saturated rings. The number of aromatic nitrogens is 2. The van der Waals surface area contributed by atoms with Crippen LogP contribution in [0.5, 0.6) is 0 Å². The second-order valence-corrected chi connectivity index (χ2v) is 8.68. The van der Waals surface area contributed by atoms with Gasteiger partial charge >= 0.3 is 6.18 Å². The highest BCUT2D eigenvalue weighted by molar-refractivity contribution is 8.00. The molecule has 0 aliphatic carbocycles. The van der Waals surface area contributed by atoms with Crippen LogP contribution in [0, 0.1) is 6.92 Å². The zero-order chi connectivity index (χ0) is 23.6. The summed E-state index contributed by atoms with van der Waals surface area (Å²) >= 11 is 1.12. The standard InChI is InChI=1S/C23H23F4N5S/c1-14-5-2-3-6-15(14)22-16(23(25,26)27)9-10-19(29-22)31-33-21-8-4-7-20(30-21)32-12-11-18(28)17(24)13-32/h2-10,17-18H,11-13,28H2,1H3,(H,29,31). The van der Waals surface area contributed by atoms with Crippen LogP contribution >= 0.6 is 11.9 Å². The van der Waals surface area contributed by atoms with Crippen molar-refractivity contribution in [3.8, 4) is 11.3 Å². The molecule has 174 valence electrons. The number of benzene rings is 1. The van der Waals surface area contributed by atoms with E-state index in [0.717, 1.165) is 18.0 Å². The Morgan fingerprint density at radius 2 is 1.85 bits per heavy atom. The largest absolute Gasteiger partial charge is 0.418 e. The first-order valence-corrected chi connectivity index (χ1v) is 11.2. The summed E-state index contributed by atoms with van der Waals surface area (Å²) in [5.74, 6) is 0.892. The molecular formula is C23H23F4N5S. The second kappa shape index (κ2) is 9.56. The van der Waals surface area contributed by atoms with Crippen molar-refractivity contribution in [1.82, 2.24) is 9.97 Å². The average Bonchev–Trinajstić information content (AvgIpc) is 2.79. The van der Waals surface area contributed by atoms with E-state index in [1.54, 1.807) is 49.4 Å². The van der Waals surface area contributed by atoms with Gasteiger partial charge in [0.25, 0.3) is 0 Å². The van der Waals surface area contributed by atoms with E-state index < -0.39 is 24.0 Å². The molecular weight excluding hydrogens is 454 g/mol. The molecule has 5 nitrogen and oxygen atoms in total. The fourth-order valence-corrected chi connectivity index (χ4v) is 4.27. The Labute approximate surface area is 193 Å². The Morgan fingerprint density at radius 3 is 2.58 bits per heavy atom. The number of nitrogens with one attached hydrogen (secondary N) is 1. The fourth-order valence-electron chi connectivity index (χ4n) is 3.66. The molecule has 0 saturated carbocycles. The van der Waals surface area contributed by atoms with Gasteiger partial charge in [-0.3, -0.25) is 0 Å². The number of pyridine rings is 2. The van der Waals surface area contributed by atoms with Gasteiger partial charge in [-0.2, -0.15) is 13.2 Å². The Hall–Kier alpha value is -2.85. The van der Waals surface area contributed by atoms with Gasteiger partial charge in [-0.15, -0.1) is 0 Å². The van der Waals surface area contributed by atoms with Crippen LogP contribution in [0.2, 0.25) is 0 Å².